The summed E-state index contributed by atoms with van der Waals surface area (Å²) < 4.78 is 37.8. The normalized spacial score (nSPS) is 21.4. The molecule has 1 aromatic carbocycles. The van der Waals surface area contributed by atoms with Gasteiger partial charge in [0.25, 0.3) is 5.91 Å². The Kier molecular flexibility index (Phi) is 7.10. The van der Waals surface area contributed by atoms with Crippen molar-refractivity contribution >= 4 is 11.9 Å². The number of hydrogen-bond donors (Lipinski definition) is 1. The summed E-state index contributed by atoms with van der Waals surface area (Å²) in [6.45, 7) is 1.30. The van der Waals surface area contributed by atoms with Gasteiger partial charge in [-0.1, -0.05) is 12.1 Å². The SMILES string of the molecule is N#Cc1cccc(C(=O)N2CC3CC2CC3OCc2cccnc2)c1.O=C(O)C(F)(F)F. The largest absolute Gasteiger partial charge is 0.490 e. The first-order valence-electron chi connectivity index (χ1n) is 9.80. The van der Waals surface area contributed by atoms with Crippen LogP contribution < -0.4 is 0 Å². The van der Waals surface area contributed by atoms with E-state index in [2.05, 4.69) is 11.1 Å². The number of ether oxygens (including phenoxy) is 1. The summed E-state index contributed by atoms with van der Waals surface area (Å²) in [4.78, 5) is 27.7. The molecule has 1 aliphatic heterocycles. The van der Waals surface area contributed by atoms with E-state index in [0.29, 0.717) is 23.7 Å². The number of nitriles is 1. The number of alkyl halides is 3. The summed E-state index contributed by atoms with van der Waals surface area (Å²) in [5.41, 5.74) is 2.19. The molecule has 1 N–H and O–H groups in total. The maximum atomic E-state index is 12.8. The number of piperidine rings is 1. The number of hydrogen-bond acceptors (Lipinski definition) is 5. The molecule has 2 bridgehead atoms. The minimum Gasteiger partial charge on any atom is -0.475 e. The molecular formula is C22H20F3N3O4. The minimum atomic E-state index is -5.08. The number of pyridine rings is 1. The molecule has 1 saturated heterocycles. The number of carbonyl (C=O) groups excluding carboxylic acids is 1. The Labute approximate surface area is 182 Å². The number of benzene rings is 1. The summed E-state index contributed by atoms with van der Waals surface area (Å²) in [5, 5.41) is 16.1. The second-order valence-electron chi connectivity index (χ2n) is 7.55. The number of likely N-dealkylation sites (tertiary alicyclic amines) is 1. The number of carbonyl (C=O) groups is 2. The molecule has 3 atom stereocenters. The Morgan fingerprint density at radius 1 is 1.25 bits per heavy atom. The van der Waals surface area contributed by atoms with Crippen molar-refractivity contribution in [2.24, 2.45) is 5.92 Å². The highest BCUT2D eigenvalue weighted by atomic mass is 19.4. The standard InChI is InChI=1S/C20H19N3O2.C2HF3O2/c21-10-14-3-1-5-16(7-14)20(24)23-12-17-8-18(23)9-19(17)25-13-15-4-2-6-22-11-15;3-2(4,5)1(6)7/h1-7,11,17-19H,8-9,12-13H2;(H,6,7). The van der Waals surface area contributed by atoms with Crippen molar-refractivity contribution in [3.05, 3.63) is 65.5 Å². The van der Waals surface area contributed by atoms with Gasteiger partial charge in [-0.05, 0) is 42.7 Å². The number of carboxylic acids is 1. The molecule has 1 saturated carbocycles. The van der Waals surface area contributed by atoms with Gasteiger partial charge in [-0.15, -0.1) is 0 Å². The Hall–Kier alpha value is -3.45. The number of aliphatic carboxylic acids is 1. The lowest BCUT2D eigenvalue weighted by molar-refractivity contribution is -0.192. The predicted molar refractivity (Wildman–Crippen MR) is 105 cm³/mol. The molecule has 10 heteroatoms. The lowest BCUT2D eigenvalue weighted by atomic mass is 10.0. The molecule has 1 aliphatic carbocycles. The van der Waals surface area contributed by atoms with Gasteiger partial charge in [0.2, 0.25) is 0 Å². The number of nitrogens with zero attached hydrogens (tertiary/aromatic N) is 3. The van der Waals surface area contributed by atoms with Crippen LogP contribution in [0, 0.1) is 17.2 Å². The third-order valence-electron chi connectivity index (χ3n) is 5.41. The fraction of sp³-hybridized carbons (Fsp3) is 0.364. The number of fused-ring (bicyclic) bond motifs is 2. The van der Waals surface area contributed by atoms with E-state index < -0.39 is 12.1 Å². The van der Waals surface area contributed by atoms with Crippen LogP contribution >= 0.6 is 0 Å². The molecule has 0 radical (unpaired) electrons. The zero-order chi connectivity index (χ0) is 23.3. The van der Waals surface area contributed by atoms with Crippen molar-refractivity contribution in [2.75, 3.05) is 6.54 Å². The van der Waals surface area contributed by atoms with Gasteiger partial charge in [0.15, 0.2) is 0 Å². The molecule has 1 amide bonds. The molecule has 2 heterocycles. The second kappa shape index (κ2) is 9.78. The summed E-state index contributed by atoms with van der Waals surface area (Å²) >= 11 is 0. The van der Waals surface area contributed by atoms with Gasteiger partial charge in [-0.2, -0.15) is 18.4 Å². The molecule has 2 aliphatic rings. The van der Waals surface area contributed by atoms with Crippen molar-refractivity contribution < 1.29 is 32.6 Å². The molecule has 2 aromatic rings. The van der Waals surface area contributed by atoms with Gasteiger partial charge in [-0.3, -0.25) is 9.78 Å². The number of rotatable bonds is 4. The number of halogens is 3. The van der Waals surface area contributed by atoms with Gasteiger partial charge < -0.3 is 14.7 Å². The van der Waals surface area contributed by atoms with Crippen LogP contribution in [-0.4, -0.2) is 51.7 Å². The van der Waals surface area contributed by atoms with E-state index in [1.54, 1.807) is 30.5 Å². The third kappa shape index (κ3) is 5.62. The predicted octanol–water partition coefficient (Wildman–Crippen LogP) is 3.41. The Bertz CT molecular complexity index is 1010. The van der Waals surface area contributed by atoms with Crippen LogP contribution in [0.2, 0.25) is 0 Å². The quantitative estimate of drug-likeness (QED) is 0.771. The van der Waals surface area contributed by atoms with Crippen LogP contribution in [0.25, 0.3) is 0 Å². The fourth-order valence-corrected chi connectivity index (χ4v) is 3.93. The minimum absolute atomic E-state index is 0.0234. The van der Waals surface area contributed by atoms with Crippen molar-refractivity contribution in [3.8, 4) is 6.07 Å². The van der Waals surface area contributed by atoms with Crippen LogP contribution in [-0.2, 0) is 16.1 Å². The van der Waals surface area contributed by atoms with Crippen LogP contribution in [0.3, 0.4) is 0 Å². The summed E-state index contributed by atoms with van der Waals surface area (Å²) in [6, 6.07) is 13.2. The van der Waals surface area contributed by atoms with Crippen molar-refractivity contribution in [3.63, 3.8) is 0 Å². The molecular weight excluding hydrogens is 427 g/mol. The van der Waals surface area contributed by atoms with Crippen LogP contribution in [0.4, 0.5) is 13.2 Å². The van der Waals surface area contributed by atoms with Crippen molar-refractivity contribution in [1.82, 2.24) is 9.88 Å². The van der Waals surface area contributed by atoms with E-state index in [0.717, 1.165) is 24.9 Å². The first-order valence-corrected chi connectivity index (χ1v) is 9.80. The first kappa shape index (κ1) is 23.2. The van der Waals surface area contributed by atoms with E-state index in [1.165, 1.54) is 0 Å². The van der Waals surface area contributed by atoms with Gasteiger partial charge >= 0.3 is 12.1 Å². The Balaban J connectivity index is 0.000000360. The van der Waals surface area contributed by atoms with Crippen LogP contribution in [0.1, 0.15) is 34.3 Å². The highest BCUT2D eigenvalue weighted by molar-refractivity contribution is 5.95. The average molecular weight is 447 g/mol. The molecule has 0 spiro atoms. The monoisotopic (exact) mass is 447 g/mol. The zero-order valence-corrected chi connectivity index (χ0v) is 16.8. The van der Waals surface area contributed by atoms with Gasteiger partial charge in [-0.25, -0.2) is 4.79 Å². The van der Waals surface area contributed by atoms with Crippen molar-refractivity contribution in [1.29, 1.82) is 5.26 Å². The smallest absolute Gasteiger partial charge is 0.475 e. The molecule has 32 heavy (non-hydrogen) atoms. The molecule has 4 rings (SSSR count). The Morgan fingerprint density at radius 3 is 2.56 bits per heavy atom. The second-order valence-corrected chi connectivity index (χ2v) is 7.55. The summed E-state index contributed by atoms with van der Waals surface area (Å²) in [7, 11) is 0. The Morgan fingerprint density at radius 2 is 2.00 bits per heavy atom. The van der Waals surface area contributed by atoms with E-state index >= 15 is 0 Å². The van der Waals surface area contributed by atoms with E-state index in [1.807, 2.05) is 23.2 Å². The molecule has 7 nitrogen and oxygen atoms in total. The molecule has 168 valence electrons. The molecule has 2 fully saturated rings. The maximum Gasteiger partial charge on any atom is 0.490 e. The number of aromatic nitrogens is 1. The van der Waals surface area contributed by atoms with Crippen LogP contribution in [0.5, 0.6) is 0 Å². The highest BCUT2D eigenvalue weighted by Crippen LogP contribution is 2.40. The molecule has 3 unspecified atom stereocenters. The van der Waals surface area contributed by atoms with Gasteiger partial charge in [0, 0.05) is 36.5 Å². The highest BCUT2D eigenvalue weighted by Gasteiger charge is 2.47. The number of amides is 1. The third-order valence-corrected chi connectivity index (χ3v) is 5.41. The van der Waals surface area contributed by atoms with E-state index in [-0.39, 0.29) is 18.1 Å². The van der Waals surface area contributed by atoms with Gasteiger partial charge in [0.1, 0.15) is 0 Å². The topological polar surface area (TPSA) is 104 Å². The summed E-state index contributed by atoms with van der Waals surface area (Å²) in [5.74, 6) is -2.34. The molecule has 1 aromatic heterocycles. The van der Waals surface area contributed by atoms with Gasteiger partial charge in [0.05, 0.1) is 24.3 Å². The van der Waals surface area contributed by atoms with E-state index in [4.69, 9.17) is 19.9 Å². The first-order chi connectivity index (χ1) is 15.2. The van der Waals surface area contributed by atoms with Crippen molar-refractivity contribution in [2.45, 2.75) is 37.8 Å². The number of carboxylic acid groups (broad SMARTS) is 1. The lowest BCUT2D eigenvalue weighted by Gasteiger charge is -2.31. The maximum absolute atomic E-state index is 12.8. The fourth-order valence-electron chi connectivity index (χ4n) is 3.93. The summed E-state index contributed by atoms with van der Waals surface area (Å²) in [6.07, 6.45) is 0.590. The van der Waals surface area contributed by atoms with E-state index in [9.17, 15) is 18.0 Å². The lowest BCUT2D eigenvalue weighted by Crippen LogP contribution is -2.42. The van der Waals surface area contributed by atoms with Crippen LogP contribution in [0.15, 0.2) is 48.8 Å². The zero-order valence-electron chi connectivity index (χ0n) is 16.8. The average Bonchev–Trinajstić information content (AvgIpc) is 3.38.